The molecule has 0 saturated heterocycles. The van der Waals surface area contributed by atoms with Crippen LogP contribution < -0.4 is 0 Å². The standard InChI is InChI=1S/C13H20O4/c1-5-16-11(14)7-6-9-8-10(9)12(15)17-13(2,3)4/h6-7,9-10H,5,8H2,1-4H3. The molecule has 1 rings (SSSR count). The molecule has 4 nitrogen and oxygen atoms in total. The molecular weight excluding hydrogens is 220 g/mol. The molecule has 17 heavy (non-hydrogen) atoms. The highest BCUT2D eigenvalue weighted by molar-refractivity contribution is 5.82. The van der Waals surface area contributed by atoms with Crippen LogP contribution in [0.4, 0.5) is 0 Å². The fourth-order valence-corrected chi connectivity index (χ4v) is 1.47. The third kappa shape index (κ3) is 5.02. The second-order valence-corrected chi connectivity index (χ2v) is 5.15. The Labute approximate surface area is 102 Å². The van der Waals surface area contributed by atoms with Crippen molar-refractivity contribution in [3.63, 3.8) is 0 Å². The summed E-state index contributed by atoms with van der Waals surface area (Å²) < 4.78 is 10.0. The largest absolute Gasteiger partial charge is 0.463 e. The maximum Gasteiger partial charge on any atom is 0.330 e. The van der Waals surface area contributed by atoms with Crippen molar-refractivity contribution in [2.45, 2.75) is 39.7 Å². The quantitative estimate of drug-likeness (QED) is 0.557. The molecule has 2 unspecified atom stereocenters. The van der Waals surface area contributed by atoms with Crippen LogP contribution in [0.15, 0.2) is 12.2 Å². The Bertz CT molecular complexity index is 325. The van der Waals surface area contributed by atoms with Crippen LogP contribution in [0.25, 0.3) is 0 Å². The number of ether oxygens (including phenoxy) is 2. The van der Waals surface area contributed by atoms with Gasteiger partial charge in [0, 0.05) is 6.08 Å². The summed E-state index contributed by atoms with van der Waals surface area (Å²) in [7, 11) is 0. The molecule has 2 atom stereocenters. The third-order valence-electron chi connectivity index (χ3n) is 2.32. The van der Waals surface area contributed by atoms with Crippen LogP contribution >= 0.6 is 0 Å². The molecule has 1 aliphatic carbocycles. The van der Waals surface area contributed by atoms with E-state index < -0.39 is 5.60 Å². The highest BCUT2D eigenvalue weighted by atomic mass is 16.6. The monoisotopic (exact) mass is 240 g/mol. The van der Waals surface area contributed by atoms with Crippen LogP contribution in [0, 0.1) is 11.8 Å². The van der Waals surface area contributed by atoms with Crippen molar-refractivity contribution < 1.29 is 19.1 Å². The highest BCUT2D eigenvalue weighted by Gasteiger charge is 2.43. The summed E-state index contributed by atoms with van der Waals surface area (Å²) >= 11 is 0. The third-order valence-corrected chi connectivity index (χ3v) is 2.32. The number of esters is 2. The minimum absolute atomic E-state index is 0.0973. The van der Waals surface area contributed by atoms with Gasteiger partial charge >= 0.3 is 11.9 Å². The Morgan fingerprint density at radius 3 is 2.53 bits per heavy atom. The van der Waals surface area contributed by atoms with Gasteiger partial charge in [0.1, 0.15) is 5.60 Å². The minimum Gasteiger partial charge on any atom is -0.463 e. The van der Waals surface area contributed by atoms with E-state index in [1.165, 1.54) is 6.08 Å². The van der Waals surface area contributed by atoms with Crippen LogP contribution in [-0.4, -0.2) is 24.1 Å². The molecule has 0 aliphatic heterocycles. The van der Waals surface area contributed by atoms with Crippen molar-refractivity contribution in [2.24, 2.45) is 11.8 Å². The van der Waals surface area contributed by atoms with E-state index in [1.54, 1.807) is 13.0 Å². The molecule has 96 valence electrons. The van der Waals surface area contributed by atoms with Crippen molar-refractivity contribution in [1.82, 2.24) is 0 Å². The summed E-state index contributed by atoms with van der Waals surface area (Å²) in [6.45, 7) is 7.65. The van der Waals surface area contributed by atoms with Gasteiger partial charge < -0.3 is 9.47 Å². The lowest BCUT2D eigenvalue weighted by molar-refractivity contribution is -0.156. The van der Waals surface area contributed by atoms with Crippen LogP contribution in [0.1, 0.15) is 34.1 Å². The highest BCUT2D eigenvalue weighted by Crippen LogP contribution is 2.41. The summed E-state index contributed by atoms with van der Waals surface area (Å²) in [4.78, 5) is 22.7. The van der Waals surface area contributed by atoms with E-state index in [0.29, 0.717) is 6.61 Å². The van der Waals surface area contributed by atoms with Gasteiger partial charge in [-0.15, -0.1) is 0 Å². The van der Waals surface area contributed by atoms with Gasteiger partial charge in [0.25, 0.3) is 0 Å². The average Bonchev–Trinajstić information content (AvgIpc) is 2.91. The van der Waals surface area contributed by atoms with Crippen molar-refractivity contribution in [1.29, 1.82) is 0 Å². The predicted octanol–water partition coefficient (Wildman–Crippen LogP) is 2.08. The van der Waals surface area contributed by atoms with E-state index in [9.17, 15) is 9.59 Å². The molecule has 1 saturated carbocycles. The zero-order chi connectivity index (χ0) is 13.1. The molecule has 4 heteroatoms. The Balaban J connectivity index is 2.34. The molecule has 0 aromatic rings. The van der Waals surface area contributed by atoms with Crippen molar-refractivity contribution in [3.8, 4) is 0 Å². The van der Waals surface area contributed by atoms with E-state index in [2.05, 4.69) is 0 Å². The molecule has 1 fully saturated rings. The fourth-order valence-electron chi connectivity index (χ4n) is 1.47. The van der Waals surface area contributed by atoms with Crippen molar-refractivity contribution >= 4 is 11.9 Å². The summed E-state index contributed by atoms with van der Waals surface area (Å²) in [6, 6.07) is 0. The summed E-state index contributed by atoms with van der Waals surface area (Å²) in [5, 5.41) is 0. The normalized spacial score (nSPS) is 23.5. The van der Waals surface area contributed by atoms with Crippen LogP contribution in [0.5, 0.6) is 0 Å². The lowest BCUT2D eigenvalue weighted by Gasteiger charge is -2.19. The van der Waals surface area contributed by atoms with Gasteiger partial charge in [-0.05, 0) is 40.0 Å². The Hall–Kier alpha value is -1.32. The summed E-state index contributed by atoms with van der Waals surface area (Å²) in [6.07, 6.45) is 3.87. The minimum atomic E-state index is -0.449. The second kappa shape index (κ2) is 5.34. The smallest absolute Gasteiger partial charge is 0.330 e. The average molecular weight is 240 g/mol. The number of hydrogen-bond donors (Lipinski definition) is 0. The molecule has 0 aromatic carbocycles. The van der Waals surface area contributed by atoms with Crippen molar-refractivity contribution in [3.05, 3.63) is 12.2 Å². The molecule has 0 amide bonds. The van der Waals surface area contributed by atoms with Crippen molar-refractivity contribution in [2.75, 3.05) is 6.61 Å². The number of carbonyl (C=O) groups excluding carboxylic acids is 2. The van der Waals surface area contributed by atoms with Gasteiger partial charge in [0.15, 0.2) is 0 Å². The molecule has 0 spiro atoms. The predicted molar refractivity (Wildman–Crippen MR) is 63.2 cm³/mol. The molecule has 0 aromatic heterocycles. The molecular formula is C13H20O4. The van der Waals surface area contributed by atoms with Crippen LogP contribution in [0.2, 0.25) is 0 Å². The molecule has 0 radical (unpaired) electrons. The Morgan fingerprint density at radius 1 is 1.35 bits per heavy atom. The SMILES string of the molecule is CCOC(=O)C=CC1CC1C(=O)OC(C)(C)C. The van der Waals surface area contributed by atoms with E-state index in [-0.39, 0.29) is 23.8 Å². The first-order chi connectivity index (χ1) is 7.83. The number of rotatable bonds is 4. The second-order valence-electron chi connectivity index (χ2n) is 5.15. The first-order valence-corrected chi connectivity index (χ1v) is 5.91. The first kappa shape index (κ1) is 13.7. The summed E-state index contributed by atoms with van der Waals surface area (Å²) in [5.74, 6) is -0.521. The number of allylic oxidation sites excluding steroid dienone is 1. The van der Waals surface area contributed by atoms with E-state index in [4.69, 9.17) is 9.47 Å². The molecule has 0 heterocycles. The lowest BCUT2D eigenvalue weighted by atomic mass is 10.2. The Morgan fingerprint density at radius 2 is 2.00 bits per heavy atom. The van der Waals surface area contributed by atoms with Gasteiger partial charge in [-0.25, -0.2) is 4.79 Å². The maximum atomic E-state index is 11.6. The van der Waals surface area contributed by atoms with E-state index >= 15 is 0 Å². The van der Waals surface area contributed by atoms with E-state index in [0.717, 1.165) is 6.42 Å². The lowest BCUT2D eigenvalue weighted by Crippen LogP contribution is -2.25. The zero-order valence-corrected chi connectivity index (χ0v) is 10.9. The van der Waals surface area contributed by atoms with E-state index in [1.807, 2.05) is 20.8 Å². The van der Waals surface area contributed by atoms with Crippen LogP contribution in [0.3, 0.4) is 0 Å². The zero-order valence-electron chi connectivity index (χ0n) is 10.9. The maximum absolute atomic E-state index is 11.6. The molecule has 0 bridgehead atoms. The summed E-state index contributed by atoms with van der Waals surface area (Å²) in [5.41, 5.74) is -0.449. The van der Waals surface area contributed by atoms with Gasteiger partial charge in [-0.2, -0.15) is 0 Å². The number of hydrogen-bond acceptors (Lipinski definition) is 4. The Kier molecular flexibility index (Phi) is 4.32. The first-order valence-electron chi connectivity index (χ1n) is 5.91. The topological polar surface area (TPSA) is 52.6 Å². The van der Waals surface area contributed by atoms with Crippen LogP contribution in [-0.2, 0) is 19.1 Å². The molecule has 1 aliphatic rings. The number of carbonyl (C=O) groups is 2. The molecule has 0 N–H and O–H groups in total. The van der Waals surface area contributed by atoms with Gasteiger partial charge in [-0.3, -0.25) is 4.79 Å². The fraction of sp³-hybridized carbons (Fsp3) is 0.692. The van der Waals surface area contributed by atoms with Gasteiger partial charge in [-0.1, -0.05) is 6.08 Å². The van der Waals surface area contributed by atoms with Gasteiger partial charge in [0.2, 0.25) is 0 Å². The van der Waals surface area contributed by atoms with Gasteiger partial charge in [0.05, 0.1) is 12.5 Å².